The van der Waals surface area contributed by atoms with Gasteiger partial charge < -0.3 is 20.5 Å². The summed E-state index contributed by atoms with van der Waals surface area (Å²) < 4.78 is 4.91. The number of carbonyl (C=O) groups is 2. The van der Waals surface area contributed by atoms with Crippen molar-refractivity contribution in [2.75, 3.05) is 16.0 Å². The van der Waals surface area contributed by atoms with Crippen LogP contribution in [-0.4, -0.2) is 17.1 Å². The zero-order valence-corrected chi connectivity index (χ0v) is 16.5. The molecule has 3 aromatic rings. The van der Waals surface area contributed by atoms with E-state index in [9.17, 15) is 9.59 Å². The molecule has 7 nitrogen and oxygen atoms in total. The van der Waals surface area contributed by atoms with Crippen molar-refractivity contribution in [3.05, 3.63) is 69.5 Å². The van der Waals surface area contributed by atoms with Crippen LogP contribution in [0.25, 0.3) is 0 Å². The van der Waals surface area contributed by atoms with Crippen molar-refractivity contribution in [3.8, 4) is 0 Å². The highest BCUT2D eigenvalue weighted by molar-refractivity contribution is 6.35. The van der Waals surface area contributed by atoms with Crippen LogP contribution in [0, 0.1) is 13.8 Å². The summed E-state index contributed by atoms with van der Waals surface area (Å²) in [6.45, 7) is 3.49. The largest absolute Gasteiger partial charge is 0.361 e. The number of halogens is 2. The lowest BCUT2D eigenvalue weighted by Crippen LogP contribution is -2.20. The second-order valence-electron chi connectivity index (χ2n) is 6.02. The summed E-state index contributed by atoms with van der Waals surface area (Å²) >= 11 is 11.9. The van der Waals surface area contributed by atoms with E-state index in [-0.39, 0.29) is 5.91 Å². The molecule has 0 radical (unpaired) electrons. The van der Waals surface area contributed by atoms with Gasteiger partial charge in [-0.15, -0.1) is 0 Å². The van der Waals surface area contributed by atoms with Crippen molar-refractivity contribution < 1.29 is 14.1 Å². The van der Waals surface area contributed by atoms with Crippen molar-refractivity contribution in [1.29, 1.82) is 0 Å². The van der Waals surface area contributed by atoms with E-state index in [1.807, 2.05) is 6.92 Å². The predicted molar refractivity (Wildman–Crippen MR) is 109 cm³/mol. The maximum absolute atomic E-state index is 12.4. The Morgan fingerprint density at radius 2 is 1.61 bits per heavy atom. The first-order chi connectivity index (χ1) is 13.3. The van der Waals surface area contributed by atoms with E-state index in [4.69, 9.17) is 27.7 Å². The third kappa shape index (κ3) is 4.82. The number of amides is 3. The van der Waals surface area contributed by atoms with Crippen LogP contribution in [-0.2, 0) is 0 Å². The van der Waals surface area contributed by atoms with Gasteiger partial charge in [0.15, 0.2) is 0 Å². The van der Waals surface area contributed by atoms with E-state index in [1.165, 1.54) is 6.20 Å². The Bertz CT molecular complexity index is 1030. The Kier molecular flexibility index (Phi) is 5.87. The molecular weight excluding hydrogens is 403 g/mol. The molecule has 0 saturated heterocycles. The van der Waals surface area contributed by atoms with Crippen LogP contribution in [0.1, 0.15) is 21.7 Å². The molecule has 3 rings (SSSR count). The summed E-state index contributed by atoms with van der Waals surface area (Å²) in [6, 6.07) is 9.40. The second kappa shape index (κ2) is 8.33. The van der Waals surface area contributed by atoms with Gasteiger partial charge in [-0.2, -0.15) is 0 Å². The number of carbonyl (C=O) groups excluding carboxylic acids is 2. The van der Waals surface area contributed by atoms with Gasteiger partial charge in [-0.3, -0.25) is 4.79 Å². The monoisotopic (exact) mass is 418 g/mol. The van der Waals surface area contributed by atoms with Crippen LogP contribution >= 0.6 is 23.2 Å². The number of hydrogen-bond acceptors (Lipinski definition) is 4. The van der Waals surface area contributed by atoms with Crippen LogP contribution in [0.5, 0.6) is 0 Å². The molecule has 0 unspecified atom stereocenters. The Hall–Kier alpha value is -3.03. The van der Waals surface area contributed by atoms with E-state index in [0.29, 0.717) is 38.4 Å². The molecule has 144 valence electrons. The lowest BCUT2D eigenvalue weighted by molar-refractivity contribution is 0.102. The van der Waals surface area contributed by atoms with Crippen molar-refractivity contribution in [1.82, 2.24) is 5.16 Å². The number of hydrogen-bond donors (Lipinski definition) is 3. The van der Waals surface area contributed by atoms with E-state index in [0.717, 1.165) is 5.56 Å². The average Bonchev–Trinajstić information content (AvgIpc) is 3.03. The quantitative estimate of drug-likeness (QED) is 0.521. The van der Waals surface area contributed by atoms with E-state index < -0.39 is 6.03 Å². The molecule has 0 fully saturated rings. The summed E-state index contributed by atoms with van der Waals surface area (Å²) in [5.41, 5.74) is 2.67. The van der Waals surface area contributed by atoms with Gasteiger partial charge in [0.05, 0.1) is 6.20 Å². The summed E-state index contributed by atoms with van der Waals surface area (Å²) in [7, 11) is 0. The normalized spacial score (nSPS) is 10.4. The molecule has 0 bridgehead atoms. The fourth-order valence-corrected chi connectivity index (χ4v) is 2.99. The van der Waals surface area contributed by atoms with Crippen molar-refractivity contribution in [2.45, 2.75) is 13.8 Å². The van der Waals surface area contributed by atoms with E-state index >= 15 is 0 Å². The molecule has 1 heterocycles. The highest BCUT2D eigenvalue weighted by Gasteiger charge is 2.14. The minimum atomic E-state index is -0.477. The Morgan fingerprint density at radius 3 is 2.25 bits per heavy atom. The molecule has 2 aromatic carbocycles. The molecule has 3 amide bonds. The molecule has 28 heavy (non-hydrogen) atoms. The zero-order valence-electron chi connectivity index (χ0n) is 15.0. The van der Waals surface area contributed by atoms with Crippen LogP contribution in [0.15, 0.2) is 47.1 Å². The SMILES string of the molecule is Cc1ccc(NC(=O)Nc2cc(Cl)cc(Cl)c2)cc1NC(=O)c1cnoc1C. The number of nitrogens with one attached hydrogen (secondary N) is 3. The fraction of sp³-hybridized carbons (Fsp3) is 0.105. The number of aryl methyl sites for hydroxylation is 2. The molecular formula is C19H16Cl2N4O3. The number of urea groups is 1. The topological polar surface area (TPSA) is 96.3 Å². The third-order valence-electron chi connectivity index (χ3n) is 3.86. The molecule has 0 aliphatic heterocycles. The molecule has 0 saturated carbocycles. The van der Waals surface area contributed by atoms with Gasteiger partial charge >= 0.3 is 6.03 Å². The number of benzene rings is 2. The molecule has 0 aliphatic rings. The average molecular weight is 419 g/mol. The summed E-state index contributed by atoms with van der Waals surface area (Å²) in [5, 5.41) is 12.5. The van der Waals surface area contributed by atoms with Crippen LogP contribution in [0.4, 0.5) is 21.9 Å². The van der Waals surface area contributed by atoms with Crippen molar-refractivity contribution in [3.63, 3.8) is 0 Å². The fourth-order valence-electron chi connectivity index (χ4n) is 2.46. The zero-order chi connectivity index (χ0) is 20.3. The maximum atomic E-state index is 12.4. The lowest BCUT2D eigenvalue weighted by atomic mass is 10.1. The van der Waals surface area contributed by atoms with Gasteiger partial charge in [0.25, 0.3) is 5.91 Å². The van der Waals surface area contributed by atoms with Crippen LogP contribution < -0.4 is 16.0 Å². The summed E-state index contributed by atoms with van der Waals surface area (Å²) in [6.07, 6.45) is 1.35. The number of nitrogens with zero attached hydrogens (tertiary/aromatic N) is 1. The molecule has 0 aliphatic carbocycles. The second-order valence-corrected chi connectivity index (χ2v) is 6.89. The van der Waals surface area contributed by atoms with Gasteiger partial charge in [-0.25, -0.2) is 4.79 Å². The van der Waals surface area contributed by atoms with Gasteiger partial charge in [0.1, 0.15) is 11.3 Å². The number of aromatic nitrogens is 1. The minimum Gasteiger partial charge on any atom is -0.361 e. The number of rotatable bonds is 4. The van der Waals surface area contributed by atoms with Crippen LogP contribution in [0.3, 0.4) is 0 Å². The van der Waals surface area contributed by atoms with Gasteiger partial charge in [0, 0.05) is 27.1 Å². The summed E-state index contributed by atoms with van der Waals surface area (Å²) in [4.78, 5) is 24.6. The standard InChI is InChI=1S/C19H16Cl2N4O3/c1-10-3-4-14(8-17(10)25-18(26)16-9-22-28-11(16)2)23-19(27)24-15-6-12(20)5-13(21)7-15/h3-9H,1-2H3,(H,25,26)(H2,23,24,27). The van der Waals surface area contributed by atoms with E-state index in [1.54, 1.807) is 43.3 Å². The summed E-state index contributed by atoms with van der Waals surface area (Å²) in [5.74, 6) is 0.0704. The highest BCUT2D eigenvalue weighted by atomic mass is 35.5. The molecule has 3 N–H and O–H groups in total. The Labute approximate surface area is 171 Å². The maximum Gasteiger partial charge on any atom is 0.323 e. The minimum absolute atomic E-state index is 0.341. The smallest absolute Gasteiger partial charge is 0.323 e. The first-order valence-electron chi connectivity index (χ1n) is 8.19. The molecule has 0 spiro atoms. The van der Waals surface area contributed by atoms with Crippen molar-refractivity contribution in [2.24, 2.45) is 0 Å². The lowest BCUT2D eigenvalue weighted by Gasteiger charge is -2.12. The first-order valence-corrected chi connectivity index (χ1v) is 8.95. The predicted octanol–water partition coefficient (Wildman–Crippen LogP) is 5.49. The Balaban J connectivity index is 1.71. The molecule has 9 heteroatoms. The first kappa shape index (κ1) is 19.7. The highest BCUT2D eigenvalue weighted by Crippen LogP contribution is 2.24. The third-order valence-corrected chi connectivity index (χ3v) is 4.30. The molecule has 1 aromatic heterocycles. The van der Waals surface area contributed by atoms with Gasteiger partial charge in [-0.1, -0.05) is 34.4 Å². The number of anilines is 3. The molecule has 0 atom stereocenters. The van der Waals surface area contributed by atoms with Crippen molar-refractivity contribution >= 4 is 52.2 Å². The van der Waals surface area contributed by atoms with Crippen LogP contribution in [0.2, 0.25) is 10.0 Å². The van der Waals surface area contributed by atoms with E-state index in [2.05, 4.69) is 21.1 Å². The van der Waals surface area contributed by atoms with Gasteiger partial charge in [-0.05, 0) is 49.7 Å². The Morgan fingerprint density at radius 1 is 0.929 bits per heavy atom. The van der Waals surface area contributed by atoms with Gasteiger partial charge in [0.2, 0.25) is 0 Å².